The van der Waals surface area contributed by atoms with Crippen molar-refractivity contribution in [3.05, 3.63) is 76.7 Å². The van der Waals surface area contributed by atoms with E-state index in [9.17, 15) is 9.18 Å². The number of piperidine rings is 1. The number of benzene rings is 2. The molecule has 2 aromatic carbocycles. The van der Waals surface area contributed by atoms with Crippen LogP contribution in [0.25, 0.3) is 16.6 Å². The second-order valence-corrected chi connectivity index (χ2v) is 7.84. The number of fused-ring (bicyclic) bond motifs is 3. The van der Waals surface area contributed by atoms with Gasteiger partial charge in [0.25, 0.3) is 0 Å². The third-order valence-electron chi connectivity index (χ3n) is 5.89. The van der Waals surface area contributed by atoms with Crippen molar-refractivity contribution in [2.75, 3.05) is 13.1 Å². The first-order chi connectivity index (χ1) is 13.5. The van der Waals surface area contributed by atoms with E-state index in [0.717, 1.165) is 27.7 Å². The number of halogens is 2. The molecule has 0 radical (unpaired) electrons. The largest absolute Gasteiger partial charge is 0.450 e. The molecule has 1 saturated heterocycles. The third-order valence-corrected chi connectivity index (χ3v) is 6.12. The molecule has 2 aliphatic rings. The van der Waals surface area contributed by atoms with E-state index >= 15 is 0 Å². The summed E-state index contributed by atoms with van der Waals surface area (Å²) in [6.07, 6.45) is 3.23. The van der Waals surface area contributed by atoms with Gasteiger partial charge in [-0.3, -0.25) is 0 Å². The average molecular weight is 397 g/mol. The number of aromatic nitrogens is 1. The van der Waals surface area contributed by atoms with Crippen LogP contribution >= 0.6 is 11.6 Å². The molecule has 3 aromatic rings. The smallest absolute Gasteiger partial charge is 0.339 e. The maximum Gasteiger partial charge on any atom is 0.339 e. The molecule has 0 aliphatic carbocycles. The highest BCUT2D eigenvalue weighted by molar-refractivity contribution is 6.31. The highest BCUT2D eigenvalue weighted by atomic mass is 35.5. The molecule has 0 atom stereocenters. The molecule has 0 unspecified atom stereocenters. The van der Waals surface area contributed by atoms with Gasteiger partial charge in [-0.25, -0.2) is 9.18 Å². The molecule has 142 valence electrons. The van der Waals surface area contributed by atoms with Gasteiger partial charge in [0, 0.05) is 64.9 Å². The SMILES string of the molecule is C=C(c1c[nH]c2cc(Cl)ccc12)N1CCC2(CC1)OC(=O)c1cc(F)ccc12. The lowest BCUT2D eigenvalue weighted by Crippen LogP contribution is -2.41. The number of aromatic amines is 1. The monoisotopic (exact) mass is 396 g/mol. The van der Waals surface area contributed by atoms with Gasteiger partial charge >= 0.3 is 5.97 Å². The Hall–Kier alpha value is -2.79. The molecule has 1 fully saturated rings. The van der Waals surface area contributed by atoms with Crippen LogP contribution in [0.1, 0.15) is 34.3 Å². The Morgan fingerprint density at radius 3 is 2.79 bits per heavy atom. The van der Waals surface area contributed by atoms with E-state index in [0.29, 0.717) is 36.5 Å². The number of hydrogen-bond donors (Lipinski definition) is 1. The molecule has 2 aliphatic heterocycles. The van der Waals surface area contributed by atoms with Crippen molar-refractivity contribution >= 4 is 34.2 Å². The maximum atomic E-state index is 13.5. The first kappa shape index (κ1) is 17.3. The Kier molecular flexibility index (Phi) is 3.78. The van der Waals surface area contributed by atoms with Gasteiger partial charge < -0.3 is 14.6 Å². The van der Waals surface area contributed by atoms with Crippen LogP contribution in [0.5, 0.6) is 0 Å². The van der Waals surface area contributed by atoms with Crippen LogP contribution in [0, 0.1) is 5.82 Å². The van der Waals surface area contributed by atoms with E-state index in [1.807, 2.05) is 24.4 Å². The Morgan fingerprint density at radius 1 is 1.21 bits per heavy atom. The van der Waals surface area contributed by atoms with Gasteiger partial charge in [0.15, 0.2) is 0 Å². The third kappa shape index (κ3) is 2.53. The predicted octanol–water partition coefficient (Wildman–Crippen LogP) is 5.09. The highest BCUT2D eigenvalue weighted by Crippen LogP contribution is 2.45. The van der Waals surface area contributed by atoms with Crippen molar-refractivity contribution in [3.8, 4) is 0 Å². The molecule has 28 heavy (non-hydrogen) atoms. The molecule has 0 saturated carbocycles. The zero-order valence-corrected chi connectivity index (χ0v) is 15.9. The van der Waals surface area contributed by atoms with E-state index in [1.54, 1.807) is 6.07 Å². The van der Waals surface area contributed by atoms with Gasteiger partial charge in [-0.15, -0.1) is 0 Å². The summed E-state index contributed by atoms with van der Waals surface area (Å²) < 4.78 is 19.3. The van der Waals surface area contributed by atoms with Gasteiger partial charge in [0.05, 0.1) is 5.56 Å². The van der Waals surface area contributed by atoms with Crippen LogP contribution < -0.4 is 0 Å². The molecule has 6 heteroatoms. The lowest BCUT2D eigenvalue weighted by Gasteiger charge is -2.40. The lowest BCUT2D eigenvalue weighted by atomic mass is 9.83. The molecule has 1 N–H and O–H groups in total. The zero-order valence-electron chi connectivity index (χ0n) is 15.1. The van der Waals surface area contributed by atoms with Crippen molar-refractivity contribution in [2.24, 2.45) is 0 Å². The van der Waals surface area contributed by atoms with E-state index in [2.05, 4.69) is 16.5 Å². The van der Waals surface area contributed by atoms with Crippen molar-refractivity contribution in [2.45, 2.75) is 18.4 Å². The predicted molar refractivity (Wildman–Crippen MR) is 107 cm³/mol. The van der Waals surface area contributed by atoms with Crippen LogP contribution in [-0.2, 0) is 10.3 Å². The second-order valence-electron chi connectivity index (χ2n) is 7.40. The lowest BCUT2D eigenvalue weighted by molar-refractivity contribution is -0.0355. The quantitative estimate of drug-likeness (QED) is 0.613. The number of H-pyrrole nitrogens is 1. The van der Waals surface area contributed by atoms with E-state index in [-0.39, 0.29) is 0 Å². The van der Waals surface area contributed by atoms with Crippen LogP contribution in [0.3, 0.4) is 0 Å². The van der Waals surface area contributed by atoms with Crippen molar-refractivity contribution in [1.29, 1.82) is 0 Å². The first-order valence-corrected chi connectivity index (χ1v) is 9.59. The molecular weight excluding hydrogens is 379 g/mol. The molecule has 0 amide bonds. The average Bonchev–Trinajstić information content (AvgIpc) is 3.21. The van der Waals surface area contributed by atoms with Crippen molar-refractivity contribution in [3.63, 3.8) is 0 Å². The van der Waals surface area contributed by atoms with Crippen LogP contribution in [0.15, 0.2) is 49.2 Å². The fraction of sp³-hybridized carbons (Fsp3) is 0.227. The molecule has 4 nitrogen and oxygen atoms in total. The van der Waals surface area contributed by atoms with Crippen LogP contribution in [0.2, 0.25) is 5.02 Å². The minimum absolute atomic E-state index is 0.348. The van der Waals surface area contributed by atoms with Crippen molar-refractivity contribution in [1.82, 2.24) is 9.88 Å². The minimum atomic E-state index is -0.662. The summed E-state index contributed by atoms with van der Waals surface area (Å²) in [7, 11) is 0. The molecule has 5 rings (SSSR count). The van der Waals surface area contributed by atoms with Gasteiger partial charge in [0.2, 0.25) is 0 Å². The Bertz CT molecular complexity index is 1130. The molecular formula is C22H18ClFN2O2. The number of likely N-dealkylation sites (tertiary alicyclic amines) is 1. The van der Waals surface area contributed by atoms with E-state index < -0.39 is 17.4 Å². The summed E-state index contributed by atoms with van der Waals surface area (Å²) in [5.41, 5.74) is 3.41. The zero-order chi connectivity index (χ0) is 19.5. The summed E-state index contributed by atoms with van der Waals surface area (Å²) in [5.74, 6) is -0.853. The molecule has 1 aromatic heterocycles. The topological polar surface area (TPSA) is 45.3 Å². The van der Waals surface area contributed by atoms with E-state index in [1.165, 1.54) is 12.1 Å². The van der Waals surface area contributed by atoms with Gasteiger partial charge in [-0.1, -0.05) is 30.3 Å². The normalized spacial score (nSPS) is 17.8. The number of rotatable bonds is 2. The number of nitrogens with zero attached hydrogens (tertiary/aromatic N) is 1. The first-order valence-electron chi connectivity index (χ1n) is 9.21. The van der Waals surface area contributed by atoms with Gasteiger partial charge in [-0.2, -0.15) is 0 Å². The summed E-state index contributed by atoms with van der Waals surface area (Å²) in [4.78, 5) is 17.7. The maximum absolute atomic E-state index is 13.5. The Balaban J connectivity index is 1.39. The molecule has 0 bridgehead atoms. The summed E-state index contributed by atoms with van der Waals surface area (Å²) in [6, 6.07) is 10.1. The summed E-state index contributed by atoms with van der Waals surface area (Å²) in [6.45, 7) is 5.69. The number of carbonyl (C=O) groups excluding carboxylic acids is 1. The Morgan fingerprint density at radius 2 is 2.00 bits per heavy atom. The number of nitrogens with one attached hydrogen (secondary N) is 1. The van der Waals surface area contributed by atoms with Gasteiger partial charge in [0.1, 0.15) is 11.4 Å². The summed E-state index contributed by atoms with van der Waals surface area (Å²) >= 11 is 6.07. The number of hydrogen-bond acceptors (Lipinski definition) is 3. The Labute approximate surface area is 166 Å². The van der Waals surface area contributed by atoms with Crippen LogP contribution in [0.4, 0.5) is 4.39 Å². The standard InChI is InChI=1S/C22H18ClFN2O2/c1-13(18-12-25-20-10-14(23)2-4-16(18)20)26-8-6-22(7-9-26)19-5-3-15(24)11-17(19)21(27)28-22/h2-5,10-12,25H,1,6-9H2. The van der Waals surface area contributed by atoms with E-state index in [4.69, 9.17) is 16.3 Å². The molecule has 3 heterocycles. The fourth-order valence-corrected chi connectivity index (χ4v) is 4.56. The highest BCUT2D eigenvalue weighted by Gasteiger charge is 2.47. The number of ether oxygens (including phenoxy) is 1. The second kappa shape index (κ2) is 6.11. The number of esters is 1. The number of carbonyl (C=O) groups is 1. The minimum Gasteiger partial charge on any atom is -0.450 e. The van der Waals surface area contributed by atoms with Crippen molar-refractivity contribution < 1.29 is 13.9 Å². The van der Waals surface area contributed by atoms with Crippen LogP contribution in [-0.4, -0.2) is 28.9 Å². The molecule has 1 spiro atoms. The summed E-state index contributed by atoms with van der Waals surface area (Å²) in [5, 5.41) is 1.76. The fourth-order valence-electron chi connectivity index (χ4n) is 4.39. The van der Waals surface area contributed by atoms with Gasteiger partial charge in [-0.05, 0) is 24.3 Å².